The topological polar surface area (TPSA) is 20.2 Å². The lowest BCUT2D eigenvalue weighted by Crippen LogP contribution is -1.64. The minimum atomic E-state index is 1.04. The van der Waals surface area contributed by atoms with Gasteiger partial charge < -0.3 is 5.11 Å². The van der Waals surface area contributed by atoms with Crippen molar-refractivity contribution in [3.05, 3.63) is 24.5 Å². The van der Waals surface area contributed by atoms with Crippen LogP contribution in [-0.2, 0) is 0 Å². The molecular formula is C8H14O. The van der Waals surface area contributed by atoms with Gasteiger partial charge in [-0.2, -0.15) is 0 Å². The molecule has 1 heteroatoms. The average molecular weight is 126 g/mol. The molecule has 0 rings (SSSR count). The Morgan fingerprint density at radius 1 is 1.33 bits per heavy atom. The molecule has 0 spiro atoms. The first-order valence-electron chi connectivity index (χ1n) is 3.37. The van der Waals surface area contributed by atoms with Gasteiger partial charge in [-0.3, -0.25) is 0 Å². The summed E-state index contributed by atoms with van der Waals surface area (Å²) in [5.74, 6) is 0. The number of hydrogen-bond donors (Lipinski definition) is 1. The fraction of sp³-hybridized carbons (Fsp3) is 0.500. The molecule has 0 bridgehead atoms. The molecule has 0 fully saturated rings. The summed E-state index contributed by atoms with van der Waals surface area (Å²) in [7, 11) is 0. The molecular weight excluding hydrogens is 112 g/mol. The van der Waals surface area contributed by atoms with Crippen LogP contribution >= 0.6 is 0 Å². The van der Waals surface area contributed by atoms with Crippen molar-refractivity contribution in [2.24, 2.45) is 0 Å². The zero-order valence-corrected chi connectivity index (χ0v) is 5.88. The number of unbranched alkanes of at least 4 members (excludes halogenated alkanes) is 2. The van der Waals surface area contributed by atoms with Crippen LogP contribution in [-0.4, -0.2) is 5.11 Å². The van der Waals surface area contributed by atoms with Crippen molar-refractivity contribution in [2.45, 2.75) is 26.2 Å². The Bertz CT molecular complexity index is 92.7. The van der Waals surface area contributed by atoms with Crippen molar-refractivity contribution in [3.8, 4) is 0 Å². The predicted octanol–water partition coefficient (Wildman–Crippen LogP) is 2.80. The van der Waals surface area contributed by atoms with E-state index in [0.29, 0.717) is 0 Å². The van der Waals surface area contributed by atoms with E-state index < -0.39 is 0 Å². The first-order chi connectivity index (χ1) is 4.41. The fourth-order valence-electron chi connectivity index (χ4n) is 0.546. The summed E-state index contributed by atoms with van der Waals surface area (Å²) in [5.41, 5.74) is 0. The van der Waals surface area contributed by atoms with Crippen molar-refractivity contribution in [3.63, 3.8) is 0 Å². The maximum Gasteiger partial charge on any atom is 0.0791 e. The second kappa shape index (κ2) is 7.28. The van der Waals surface area contributed by atoms with Gasteiger partial charge in [0.1, 0.15) is 0 Å². The van der Waals surface area contributed by atoms with Crippen molar-refractivity contribution in [1.29, 1.82) is 0 Å². The van der Waals surface area contributed by atoms with Gasteiger partial charge in [0.15, 0.2) is 0 Å². The van der Waals surface area contributed by atoms with E-state index >= 15 is 0 Å². The van der Waals surface area contributed by atoms with Crippen LogP contribution in [0.1, 0.15) is 26.2 Å². The maximum absolute atomic E-state index is 8.19. The van der Waals surface area contributed by atoms with Crippen molar-refractivity contribution >= 4 is 0 Å². The molecule has 1 N–H and O–H groups in total. The largest absolute Gasteiger partial charge is 0.516 e. The number of rotatable bonds is 4. The Morgan fingerprint density at radius 3 is 2.67 bits per heavy atom. The van der Waals surface area contributed by atoms with Gasteiger partial charge >= 0.3 is 0 Å². The Labute approximate surface area is 56.7 Å². The Balaban J connectivity index is 3.04. The zero-order chi connectivity index (χ0) is 6.95. The highest BCUT2D eigenvalue weighted by molar-refractivity contribution is 4.98. The molecule has 0 aliphatic carbocycles. The molecule has 52 valence electrons. The minimum absolute atomic E-state index is 1.04. The van der Waals surface area contributed by atoms with Gasteiger partial charge in [0.2, 0.25) is 0 Å². The van der Waals surface area contributed by atoms with Crippen molar-refractivity contribution in [2.75, 3.05) is 0 Å². The summed E-state index contributed by atoms with van der Waals surface area (Å²) in [6.07, 6.45) is 10.1. The van der Waals surface area contributed by atoms with Crippen LogP contribution in [0.15, 0.2) is 24.5 Å². The molecule has 0 heterocycles. The summed E-state index contributed by atoms with van der Waals surface area (Å²) in [4.78, 5) is 0. The molecule has 0 saturated heterocycles. The van der Waals surface area contributed by atoms with Gasteiger partial charge in [-0.05, 0) is 12.5 Å². The first kappa shape index (κ1) is 8.28. The highest BCUT2D eigenvalue weighted by atomic mass is 16.2. The van der Waals surface area contributed by atoms with Gasteiger partial charge in [0.05, 0.1) is 6.26 Å². The second-order valence-electron chi connectivity index (χ2n) is 1.91. The second-order valence-corrected chi connectivity index (χ2v) is 1.91. The molecule has 0 aromatic carbocycles. The highest BCUT2D eigenvalue weighted by Crippen LogP contribution is 1.94. The third-order valence-electron chi connectivity index (χ3n) is 1.06. The van der Waals surface area contributed by atoms with Gasteiger partial charge in [-0.1, -0.05) is 31.9 Å². The molecule has 1 nitrogen and oxygen atoms in total. The predicted molar refractivity (Wildman–Crippen MR) is 40.4 cm³/mol. The molecule has 0 amide bonds. The van der Waals surface area contributed by atoms with E-state index in [1.807, 2.05) is 6.08 Å². The monoisotopic (exact) mass is 126 g/mol. The van der Waals surface area contributed by atoms with Crippen LogP contribution in [0.4, 0.5) is 0 Å². The minimum Gasteiger partial charge on any atom is -0.516 e. The number of aliphatic hydroxyl groups excluding tert-OH is 1. The van der Waals surface area contributed by atoms with Crippen LogP contribution < -0.4 is 0 Å². The van der Waals surface area contributed by atoms with E-state index in [1.165, 1.54) is 12.8 Å². The molecule has 0 unspecified atom stereocenters. The molecule has 0 atom stereocenters. The molecule has 9 heavy (non-hydrogen) atoms. The van der Waals surface area contributed by atoms with E-state index in [4.69, 9.17) is 5.11 Å². The van der Waals surface area contributed by atoms with E-state index in [2.05, 4.69) is 13.0 Å². The first-order valence-corrected chi connectivity index (χ1v) is 3.37. The summed E-state index contributed by atoms with van der Waals surface area (Å²) in [6, 6.07) is 0. The smallest absolute Gasteiger partial charge is 0.0791 e. The molecule has 0 aromatic rings. The molecule has 0 saturated carbocycles. The van der Waals surface area contributed by atoms with Crippen molar-refractivity contribution in [1.82, 2.24) is 0 Å². The zero-order valence-electron chi connectivity index (χ0n) is 5.88. The summed E-state index contributed by atoms with van der Waals surface area (Å²) < 4.78 is 0. The van der Waals surface area contributed by atoms with Crippen LogP contribution in [0.3, 0.4) is 0 Å². The lowest BCUT2D eigenvalue weighted by Gasteiger charge is -1.84. The lowest BCUT2D eigenvalue weighted by atomic mass is 10.2. The lowest BCUT2D eigenvalue weighted by molar-refractivity contribution is 0.473. The molecule has 0 aliphatic rings. The molecule has 0 aliphatic heterocycles. The van der Waals surface area contributed by atoms with E-state index in [1.54, 1.807) is 6.08 Å². The number of aliphatic hydroxyl groups is 1. The van der Waals surface area contributed by atoms with E-state index in [9.17, 15) is 0 Å². The molecule has 0 aromatic heterocycles. The normalized spacial score (nSPS) is 11.7. The average Bonchev–Trinajstić information content (AvgIpc) is 1.89. The van der Waals surface area contributed by atoms with Gasteiger partial charge in [-0.25, -0.2) is 0 Å². The third kappa shape index (κ3) is 7.28. The maximum atomic E-state index is 8.19. The Kier molecular flexibility index (Phi) is 6.70. The SMILES string of the molecule is CCCCC=CC=CO. The van der Waals surface area contributed by atoms with Gasteiger partial charge in [-0.15, -0.1) is 0 Å². The number of hydrogen-bond acceptors (Lipinski definition) is 1. The summed E-state index contributed by atoms with van der Waals surface area (Å²) in [5, 5.41) is 8.19. The quantitative estimate of drug-likeness (QED) is 0.349. The molecule has 0 radical (unpaired) electrons. The standard InChI is InChI=1S/C8H14O/c1-2-3-4-5-6-7-8-9/h5-9H,2-4H2,1H3. The Hall–Kier alpha value is -0.720. The van der Waals surface area contributed by atoms with Crippen molar-refractivity contribution < 1.29 is 5.11 Å². The highest BCUT2D eigenvalue weighted by Gasteiger charge is 1.74. The summed E-state index contributed by atoms with van der Waals surface area (Å²) >= 11 is 0. The van der Waals surface area contributed by atoms with Gasteiger partial charge in [0, 0.05) is 0 Å². The third-order valence-corrected chi connectivity index (χ3v) is 1.06. The van der Waals surface area contributed by atoms with E-state index in [0.717, 1.165) is 12.7 Å². The Morgan fingerprint density at radius 2 is 2.11 bits per heavy atom. The van der Waals surface area contributed by atoms with Crippen LogP contribution in [0.25, 0.3) is 0 Å². The fourth-order valence-corrected chi connectivity index (χ4v) is 0.546. The number of allylic oxidation sites excluding steroid dienone is 3. The van der Waals surface area contributed by atoms with E-state index in [-0.39, 0.29) is 0 Å². The van der Waals surface area contributed by atoms with Crippen LogP contribution in [0.5, 0.6) is 0 Å². The van der Waals surface area contributed by atoms with Crippen LogP contribution in [0.2, 0.25) is 0 Å². The summed E-state index contributed by atoms with van der Waals surface area (Å²) in [6.45, 7) is 2.16. The van der Waals surface area contributed by atoms with Crippen LogP contribution in [0, 0.1) is 0 Å². The van der Waals surface area contributed by atoms with Gasteiger partial charge in [0.25, 0.3) is 0 Å².